The number of aromatic nitrogens is 2. The minimum Gasteiger partial charge on any atom is -0.276 e. The van der Waals surface area contributed by atoms with E-state index in [0.717, 1.165) is 17.1 Å². The summed E-state index contributed by atoms with van der Waals surface area (Å²) in [5.41, 5.74) is 2.72. The molecule has 0 fully saturated rings. The molecule has 0 spiro atoms. The second-order valence-corrected chi connectivity index (χ2v) is 2.43. The first-order valence-corrected chi connectivity index (χ1v) is 3.41. The van der Waals surface area contributed by atoms with Gasteiger partial charge in [-0.05, 0) is 19.9 Å². The van der Waals surface area contributed by atoms with Crippen molar-refractivity contribution in [2.45, 2.75) is 13.8 Å². The Morgan fingerprint density at radius 2 is 2.45 bits per heavy atom. The predicted molar refractivity (Wildman–Crippen MR) is 47.1 cm³/mol. The second-order valence-electron chi connectivity index (χ2n) is 2.43. The van der Waals surface area contributed by atoms with Gasteiger partial charge in [-0.15, -0.1) is 0 Å². The van der Waals surface area contributed by atoms with Crippen molar-refractivity contribution in [3.8, 4) is 0 Å². The van der Waals surface area contributed by atoms with Crippen LogP contribution in [0.15, 0.2) is 17.8 Å². The summed E-state index contributed by atoms with van der Waals surface area (Å²) in [5, 5.41) is 6.63. The highest BCUT2D eigenvalue weighted by Gasteiger charge is 1.97. The Morgan fingerprint density at radius 1 is 1.73 bits per heavy atom. The molecule has 0 amide bonds. The van der Waals surface area contributed by atoms with Gasteiger partial charge in [-0.25, -0.2) is 0 Å². The molecule has 0 unspecified atom stereocenters. The Morgan fingerprint density at radius 3 is 3.00 bits per heavy atom. The molecule has 1 N–H and O–H groups in total. The number of H-pyrrole nitrogens is 1. The van der Waals surface area contributed by atoms with E-state index in [1.807, 2.05) is 13.8 Å². The van der Waals surface area contributed by atoms with Crippen LogP contribution in [0.1, 0.15) is 19.5 Å². The monoisotopic (exact) mass is 149 g/mol. The molecule has 3 nitrogen and oxygen atoms in total. The SMILES string of the molecule is C=Cc1[nH]ncc1N=C(C)C. The highest BCUT2D eigenvalue weighted by Crippen LogP contribution is 2.16. The molecule has 0 bridgehead atoms. The van der Waals surface area contributed by atoms with Gasteiger partial charge >= 0.3 is 0 Å². The standard InChI is InChI=1S/C8H11N3/c1-4-7-8(5-9-11-7)10-6(2)3/h4-5H,1H2,2-3H3,(H,9,11). The van der Waals surface area contributed by atoms with Crippen LogP contribution < -0.4 is 0 Å². The van der Waals surface area contributed by atoms with Crippen LogP contribution in [-0.4, -0.2) is 15.9 Å². The van der Waals surface area contributed by atoms with Crippen LogP contribution in [0.25, 0.3) is 6.08 Å². The van der Waals surface area contributed by atoms with Gasteiger partial charge in [-0.1, -0.05) is 6.58 Å². The van der Waals surface area contributed by atoms with E-state index in [0.29, 0.717) is 0 Å². The quantitative estimate of drug-likeness (QED) is 0.643. The van der Waals surface area contributed by atoms with Crippen LogP contribution >= 0.6 is 0 Å². The van der Waals surface area contributed by atoms with Gasteiger partial charge in [0.1, 0.15) is 5.69 Å². The molecule has 1 heterocycles. The highest BCUT2D eigenvalue weighted by atomic mass is 15.1. The van der Waals surface area contributed by atoms with Crippen LogP contribution in [0.5, 0.6) is 0 Å². The van der Waals surface area contributed by atoms with E-state index < -0.39 is 0 Å². The zero-order valence-electron chi connectivity index (χ0n) is 6.76. The molecule has 1 rings (SSSR count). The Hall–Kier alpha value is -1.38. The van der Waals surface area contributed by atoms with Crippen molar-refractivity contribution in [2.75, 3.05) is 0 Å². The highest BCUT2D eigenvalue weighted by molar-refractivity contribution is 5.83. The first-order chi connectivity index (χ1) is 5.24. The number of rotatable bonds is 2. The fourth-order valence-electron chi connectivity index (χ4n) is 0.770. The lowest BCUT2D eigenvalue weighted by Gasteiger charge is -1.90. The summed E-state index contributed by atoms with van der Waals surface area (Å²) < 4.78 is 0. The van der Waals surface area contributed by atoms with Crippen molar-refractivity contribution in [1.29, 1.82) is 0 Å². The molecule has 0 saturated heterocycles. The molecule has 58 valence electrons. The van der Waals surface area contributed by atoms with Crippen molar-refractivity contribution >= 4 is 17.5 Å². The Labute approximate surface area is 65.9 Å². The van der Waals surface area contributed by atoms with Crippen molar-refractivity contribution in [3.05, 3.63) is 18.5 Å². The number of aromatic amines is 1. The summed E-state index contributed by atoms with van der Waals surface area (Å²) in [6.45, 7) is 7.52. The van der Waals surface area contributed by atoms with E-state index in [4.69, 9.17) is 0 Å². The lowest BCUT2D eigenvalue weighted by Crippen LogP contribution is -1.78. The Bertz CT molecular complexity index is 279. The summed E-state index contributed by atoms with van der Waals surface area (Å²) >= 11 is 0. The third-order valence-corrected chi connectivity index (χ3v) is 1.20. The van der Waals surface area contributed by atoms with Gasteiger partial charge in [-0.3, -0.25) is 10.1 Å². The Balaban J connectivity index is 3.03. The third kappa shape index (κ3) is 1.77. The summed E-state index contributed by atoms with van der Waals surface area (Å²) in [6.07, 6.45) is 3.39. The van der Waals surface area contributed by atoms with Crippen molar-refractivity contribution < 1.29 is 0 Å². The number of hydrogen-bond donors (Lipinski definition) is 1. The first-order valence-electron chi connectivity index (χ1n) is 3.41. The van der Waals surface area contributed by atoms with E-state index >= 15 is 0 Å². The van der Waals surface area contributed by atoms with Gasteiger partial charge in [0.05, 0.1) is 11.9 Å². The molecule has 1 aromatic rings. The fourth-order valence-corrected chi connectivity index (χ4v) is 0.770. The van der Waals surface area contributed by atoms with Crippen LogP contribution in [0.4, 0.5) is 5.69 Å². The number of hydrogen-bond acceptors (Lipinski definition) is 2. The van der Waals surface area contributed by atoms with E-state index in [1.54, 1.807) is 12.3 Å². The van der Waals surface area contributed by atoms with Crippen molar-refractivity contribution in [3.63, 3.8) is 0 Å². The average molecular weight is 149 g/mol. The van der Waals surface area contributed by atoms with Crippen LogP contribution in [0.2, 0.25) is 0 Å². The zero-order chi connectivity index (χ0) is 8.27. The van der Waals surface area contributed by atoms with Crippen LogP contribution in [0.3, 0.4) is 0 Å². The maximum absolute atomic E-state index is 4.24. The number of aliphatic imine (C=N–C) groups is 1. The smallest absolute Gasteiger partial charge is 0.108 e. The van der Waals surface area contributed by atoms with Crippen molar-refractivity contribution in [2.24, 2.45) is 4.99 Å². The van der Waals surface area contributed by atoms with Gasteiger partial charge in [0, 0.05) is 5.71 Å². The third-order valence-electron chi connectivity index (χ3n) is 1.20. The summed E-state index contributed by atoms with van der Waals surface area (Å²) in [5.74, 6) is 0. The first kappa shape index (κ1) is 7.72. The normalized spacial score (nSPS) is 9.27. The minimum absolute atomic E-state index is 0.847. The molecule has 0 aliphatic heterocycles. The van der Waals surface area contributed by atoms with Gasteiger partial charge < -0.3 is 0 Å². The van der Waals surface area contributed by atoms with Gasteiger partial charge in [0.25, 0.3) is 0 Å². The molecule has 0 aliphatic rings. The van der Waals surface area contributed by atoms with Crippen molar-refractivity contribution in [1.82, 2.24) is 10.2 Å². The fraction of sp³-hybridized carbons (Fsp3) is 0.250. The number of nitrogens with one attached hydrogen (secondary N) is 1. The molecule has 0 radical (unpaired) electrons. The number of nitrogens with zero attached hydrogens (tertiary/aromatic N) is 2. The molecule has 11 heavy (non-hydrogen) atoms. The lowest BCUT2D eigenvalue weighted by atomic mass is 10.3. The molecule has 0 atom stereocenters. The average Bonchev–Trinajstić information content (AvgIpc) is 2.34. The lowest BCUT2D eigenvalue weighted by molar-refractivity contribution is 1.08. The summed E-state index contributed by atoms with van der Waals surface area (Å²) in [6, 6.07) is 0. The molecule has 0 aliphatic carbocycles. The van der Waals surface area contributed by atoms with Gasteiger partial charge in [-0.2, -0.15) is 5.10 Å². The molecule has 0 aromatic carbocycles. The van der Waals surface area contributed by atoms with E-state index in [9.17, 15) is 0 Å². The van der Waals surface area contributed by atoms with E-state index in [1.165, 1.54) is 0 Å². The van der Waals surface area contributed by atoms with Crippen LogP contribution in [-0.2, 0) is 0 Å². The molecule has 3 heteroatoms. The molecule has 0 saturated carbocycles. The zero-order valence-corrected chi connectivity index (χ0v) is 6.76. The predicted octanol–water partition coefficient (Wildman–Crippen LogP) is 2.17. The summed E-state index contributed by atoms with van der Waals surface area (Å²) in [4.78, 5) is 4.24. The van der Waals surface area contributed by atoms with Crippen LogP contribution in [0, 0.1) is 0 Å². The Kier molecular flexibility index (Phi) is 2.21. The second kappa shape index (κ2) is 3.14. The van der Waals surface area contributed by atoms with Gasteiger partial charge in [0.15, 0.2) is 0 Å². The van der Waals surface area contributed by atoms with E-state index in [2.05, 4.69) is 21.8 Å². The summed E-state index contributed by atoms with van der Waals surface area (Å²) in [7, 11) is 0. The largest absolute Gasteiger partial charge is 0.276 e. The molecular formula is C8H11N3. The maximum atomic E-state index is 4.24. The molecular weight excluding hydrogens is 138 g/mol. The minimum atomic E-state index is 0.847. The maximum Gasteiger partial charge on any atom is 0.108 e. The van der Waals surface area contributed by atoms with E-state index in [-0.39, 0.29) is 0 Å². The molecule has 1 aromatic heterocycles. The van der Waals surface area contributed by atoms with Gasteiger partial charge in [0.2, 0.25) is 0 Å². The topological polar surface area (TPSA) is 41.0 Å².